The highest BCUT2D eigenvalue weighted by Gasteiger charge is 2.49. The number of rotatable bonds is 2. The minimum absolute atomic E-state index is 0.566. The summed E-state index contributed by atoms with van der Waals surface area (Å²) in [6.45, 7) is 2.22. The highest BCUT2D eigenvalue weighted by molar-refractivity contribution is 5.54. The van der Waals surface area contributed by atoms with E-state index in [-0.39, 0.29) is 0 Å². The first-order chi connectivity index (χ1) is 9.22. The summed E-state index contributed by atoms with van der Waals surface area (Å²) in [6, 6.07) is 8.77. The molecule has 4 saturated carbocycles. The molecule has 19 heavy (non-hydrogen) atoms. The predicted octanol–water partition coefficient (Wildman–Crippen LogP) is 5.22. The van der Waals surface area contributed by atoms with Crippen LogP contribution in [0.5, 0.6) is 0 Å². The Hall–Kier alpha value is -1.04. The van der Waals surface area contributed by atoms with E-state index in [9.17, 15) is 0 Å². The lowest BCUT2D eigenvalue weighted by molar-refractivity contribution is -0.0232. The molecule has 0 radical (unpaired) electrons. The first kappa shape index (κ1) is 11.8. The summed E-state index contributed by atoms with van der Waals surface area (Å²) < 4.78 is 0. The monoisotopic (exact) mass is 252 g/mol. The van der Waals surface area contributed by atoms with Gasteiger partial charge in [0.25, 0.3) is 0 Å². The van der Waals surface area contributed by atoms with Crippen molar-refractivity contribution in [3.05, 3.63) is 41.5 Å². The van der Waals surface area contributed by atoms with Crippen LogP contribution < -0.4 is 0 Å². The van der Waals surface area contributed by atoms with Gasteiger partial charge in [-0.25, -0.2) is 0 Å². The molecular weight excluding hydrogens is 228 g/mol. The Morgan fingerprint density at radius 3 is 2.11 bits per heavy atom. The molecule has 0 aliphatic heterocycles. The Labute approximate surface area is 116 Å². The Bertz CT molecular complexity index is 473. The van der Waals surface area contributed by atoms with Crippen LogP contribution in [0, 0.1) is 30.1 Å². The van der Waals surface area contributed by atoms with Crippen LogP contribution in [-0.4, -0.2) is 0 Å². The van der Waals surface area contributed by atoms with E-state index in [1.165, 1.54) is 49.7 Å². The van der Waals surface area contributed by atoms with Gasteiger partial charge in [0.15, 0.2) is 0 Å². The van der Waals surface area contributed by atoms with Gasteiger partial charge in [0, 0.05) is 0 Å². The molecule has 4 aliphatic carbocycles. The van der Waals surface area contributed by atoms with Gasteiger partial charge in [0.2, 0.25) is 0 Å². The smallest absolute Gasteiger partial charge is 0.0107 e. The van der Waals surface area contributed by atoms with Crippen LogP contribution in [0.4, 0.5) is 0 Å². The van der Waals surface area contributed by atoms with Gasteiger partial charge in [-0.2, -0.15) is 0 Å². The van der Waals surface area contributed by atoms with Gasteiger partial charge in [0.05, 0.1) is 0 Å². The van der Waals surface area contributed by atoms with Crippen molar-refractivity contribution in [3.63, 3.8) is 0 Å². The van der Waals surface area contributed by atoms with Gasteiger partial charge in [0.1, 0.15) is 0 Å². The molecule has 100 valence electrons. The standard InChI is InChI=1S/C19H24/c1-14-4-2-3-5-18(14)6-7-19-11-15-8-16(12-19)10-17(9-15)13-19/h2-7,15-17H,8-13H2,1H3/b7-6+. The zero-order valence-electron chi connectivity index (χ0n) is 11.9. The number of aryl methyl sites for hydroxylation is 1. The lowest BCUT2D eigenvalue weighted by Gasteiger charge is -2.55. The number of hydrogen-bond acceptors (Lipinski definition) is 0. The average Bonchev–Trinajstić information content (AvgIpc) is 2.36. The fourth-order valence-electron chi connectivity index (χ4n) is 5.42. The van der Waals surface area contributed by atoms with Gasteiger partial charge in [-0.05, 0) is 79.7 Å². The largest absolute Gasteiger partial charge is 0.0777 e. The lowest BCUT2D eigenvalue weighted by Crippen LogP contribution is -2.44. The molecule has 0 nitrogen and oxygen atoms in total. The maximum Gasteiger partial charge on any atom is -0.0107 e. The van der Waals surface area contributed by atoms with E-state index in [0.29, 0.717) is 5.41 Å². The van der Waals surface area contributed by atoms with Crippen molar-refractivity contribution in [3.8, 4) is 0 Å². The molecule has 0 amide bonds. The molecule has 0 unspecified atom stereocenters. The van der Waals surface area contributed by atoms with Crippen LogP contribution in [0.3, 0.4) is 0 Å². The predicted molar refractivity (Wildman–Crippen MR) is 80.8 cm³/mol. The van der Waals surface area contributed by atoms with Gasteiger partial charge >= 0.3 is 0 Å². The molecule has 0 heterocycles. The summed E-state index contributed by atoms with van der Waals surface area (Å²) >= 11 is 0. The van der Waals surface area contributed by atoms with Crippen molar-refractivity contribution in [2.75, 3.05) is 0 Å². The second kappa shape index (κ2) is 4.23. The topological polar surface area (TPSA) is 0 Å². The third-order valence-corrected chi connectivity index (χ3v) is 5.89. The van der Waals surface area contributed by atoms with Gasteiger partial charge < -0.3 is 0 Å². The van der Waals surface area contributed by atoms with Gasteiger partial charge in [-0.3, -0.25) is 0 Å². The molecule has 0 aromatic heterocycles. The molecule has 4 fully saturated rings. The van der Waals surface area contributed by atoms with E-state index < -0.39 is 0 Å². The average molecular weight is 252 g/mol. The van der Waals surface area contributed by atoms with Gasteiger partial charge in [-0.15, -0.1) is 0 Å². The maximum atomic E-state index is 2.60. The summed E-state index contributed by atoms with van der Waals surface area (Å²) in [4.78, 5) is 0. The van der Waals surface area contributed by atoms with E-state index >= 15 is 0 Å². The third kappa shape index (κ3) is 2.06. The Morgan fingerprint density at radius 2 is 1.53 bits per heavy atom. The van der Waals surface area contributed by atoms with Crippen molar-refractivity contribution in [2.24, 2.45) is 23.2 Å². The quantitative estimate of drug-likeness (QED) is 0.676. The molecule has 5 rings (SSSR count). The van der Waals surface area contributed by atoms with E-state index in [0.717, 1.165) is 17.8 Å². The van der Waals surface area contributed by atoms with Crippen molar-refractivity contribution in [1.82, 2.24) is 0 Å². The first-order valence-corrected chi connectivity index (χ1v) is 7.97. The second-order valence-electron chi connectivity index (χ2n) is 7.47. The first-order valence-electron chi connectivity index (χ1n) is 7.97. The Kier molecular flexibility index (Phi) is 2.62. The van der Waals surface area contributed by atoms with Gasteiger partial charge in [-0.1, -0.05) is 36.4 Å². The number of benzene rings is 1. The van der Waals surface area contributed by atoms with E-state index in [1.807, 2.05) is 0 Å². The highest BCUT2D eigenvalue weighted by Crippen LogP contribution is 2.60. The summed E-state index contributed by atoms with van der Waals surface area (Å²) in [5, 5.41) is 0. The molecule has 0 N–H and O–H groups in total. The van der Waals surface area contributed by atoms with E-state index in [2.05, 4.69) is 43.3 Å². The summed E-state index contributed by atoms with van der Waals surface area (Å²) in [6.07, 6.45) is 14.1. The minimum atomic E-state index is 0.566. The zero-order valence-corrected chi connectivity index (χ0v) is 11.9. The van der Waals surface area contributed by atoms with Crippen LogP contribution in [0.25, 0.3) is 6.08 Å². The number of hydrogen-bond donors (Lipinski definition) is 0. The minimum Gasteiger partial charge on any atom is -0.0777 e. The molecule has 0 spiro atoms. The zero-order chi connectivity index (χ0) is 12.9. The molecular formula is C19H24. The van der Waals surface area contributed by atoms with Crippen molar-refractivity contribution >= 4 is 6.08 Å². The molecule has 1 aromatic rings. The van der Waals surface area contributed by atoms with Crippen LogP contribution in [0.1, 0.15) is 49.7 Å². The van der Waals surface area contributed by atoms with Crippen LogP contribution in [0.2, 0.25) is 0 Å². The van der Waals surface area contributed by atoms with Crippen LogP contribution >= 0.6 is 0 Å². The van der Waals surface area contributed by atoms with E-state index in [1.54, 1.807) is 0 Å². The van der Waals surface area contributed by atoms with Crippen LogP contribution in [0.15, 0.2) is 30.3 Å². The highest BCUT2D eigenvalue weighted by atomic mass is 14.5. The molecule has 4 bridgehead atoms. The van der Waals surface area contributed by atoms with Crippen LogP contribution in [-0.2, 0) is 0 Å². The third-order valence-electron chi connectivity index (χ3n) is 5.89. The normalized spacial score (nSPS) is 40.2. The Morgan fingerprint density at radius 1 is 0.947 bits per heavy atom. The SMILES string of the molecule is Cc1ccccc1/C=C/C12CC3CC(CC(C3)C1)C2. The van der Waals surface area contributed by atoms with Crippen molar-refractivity contribution in [2.45, 2.75) is 45.4 Å². The lowest BCUT2D eigenvalue weighted by atomic mass is 9.49. The fourth-order valence-corrected chi connectivity index (χ4v) is 5.42. The molecule has 0 saturated heterocycles. The van der Waals surface area contributed by atoms with E-state index in [4.69, 9.17) is 0 Å². The molecule has 4 aliphatic rings. The maximum absolute atomic E-state index is 2.60. The Balaban J connectivity index is 1.61. The molecule has 1 aromatic carbocycles. The van der Waals surface area contributed by atoms with Crippen molar-refractivity contribution < 1.29 is 0 Å². The molecule has 0 atom stereocenters. The summed E-state index contributed by atoms with van der Waals surface area (Å²) in [5.74, 6) is 3.15. The molecule has 0 heteroatoms. The summed E-state index contributed by atoms with van der Waals surface area (Å²) in [7, 11) is 0. The fraction of sp³-hybridized carbons (Fsp3) is 0.579. The number of allylic oxidation sites excluding steroid dienone is 1. The van der Waals surface area contributed by atoms with Crippen molar-refractivity contribution in [1.29, 1.82) is 0 Å². The second-order valence-corrected chi connectivity index (χ2v) is 7.47. The summed E-state index contributed by atoms with van der Waals surface area (Å²) in [5.41, 5.74) is 3.39.